The number of hydrogen-bond donors (Lipinski definition) is 0. The van der Waals surface area contributed by atoms with E-state index in [1.54, 1.807) is 24.3 Å². The van der Waals surface area contributed by atoms with Crippen molar-refractivity contribution in [1.82, 2.24) is 0 Å². The maximum absolute atomic E-state index is 12.5. The first-order chi connectivity index (χ1) is 12.9. The maximum Gasteiger partial charge on any atom is 0.297 e. The van der Waals surface area contributed by atoms with Crippen LogP contribution in [0, 0.1) is 10.5 Å². The highest BCUT2D eigenvalue weighted by Gasteiger charge is 2.31. The Morgan fingerprint density at radius 1 is 1.00 bits per heavy atom. The average Bonchev–Trinajstić information content (AvgIpc) is 2.65. The molecule has 1 aliphatic heterocycles. The second kappa shape index (κ2) is 9.03. The number of likely N-dealkylation sites (tertiary alicyclic amines) is 1. The minimum Gasteiger partial charge on any atom is -0.318 e. The Labute approximate surface area is 176 Å². The molecular formula is C21H27INO3S+. The van der Waals surface area contributed by atoms with Crippen LogP contribution in [0.1, 0.15) is 30.4 Å². The highest BCUT2D eigenvalue weighted by atomic mass is 127. The van der Waals surface area contributed by atoms with Crippen molar-refractivity contribution >= 4 is 32.7 Å². The molecule has 0 radical (unpaired) electrons. The SMILES string of the molecule is Cc1ccc(S(=O)(=O)OCC[N+]2(Cc3ccccc3I)CCCCC2)cc1. The largest absolute Gasteiger partial charge is 0.318 e. The molecule has 3 rings (SSSR count). The Morgan fingerprint density at radius 3 is 2.33 bits per heavy atom. The summed E-state index contributed by atoms with van der Waals surface area (Å²) in [4.78, 5) is 0.232. The fourth-order valence-electron chi connectivity index (χ4n) is 3.75. The van der Waals surface area contributed by atoms with Gasteiger partial charge in [0.2, 0.25) is 0 Å². The highest BCUT2D eigenvalue weighted by Crippen LogP contribution is 2.25. The summed E-state index contributed by atoms with van der Waals surface area (Å²) in [6, 6.07) is 15.3. The Balaban J connectivity index is 1.68. The third-order valence-electron chi connectivity index (χ3n) is 5.34. The van der Waals surface area contributed by atoms with E-state index >= 15 is 0 Å². The first-order valence-electron chi connectivity index (χ1n) is 9.45. The number of rotatable bonds is 7. The first kappa shape index (κ1) is 20.8. The van der Waals surface area contributed by atoms with Gasteiger partial charge >= 0.3 is 0 Å². The lowest BCUT2D eigenvalue weighted by Crippen LogP contribution is -2.52. The monoisotopic (exact) mass is 500 g/mol. The van der Waals surface area contributed by atoms with Gasteiger partial charge in [-0.3, -0.25) is 4.18 Å². The number of halogens is 1. The van der Waals surface area contributed by atoms with Gasteiger partial charge in [0.05, 0.1) is 18.0 Å². The van der Waals surface area contributed by atoms with Crippen molar-refractivity contribution in [2.24, 2.45) is 0 Å². The van der Waals surface area contributed by atoms with Crippen LogP contribution in [-0.4, -0.2) is 39.1 Å². The van der Waals surface area contributed by atoms with Crippen molar-refractivity contribution in [3.05, 3.63) is 63.2 Å². The van der Waals surface area contributed by atoms with Gasteiger partial charge in [0.1, 0.15) is 19.7 Å². The molecule has 27 heavy (non-hydrogen) atoms. The summed E-state index contributed by atoms with van der Waals surface area (Å²) < 4.78 is 32.5. The quantitative estimate of drug-likeness (QED) is 0.320. The van der Waals surface area contributed by atoms with E-state index in [0.717, 1.165) is 36.2 Å². The molecule has 0 atom stereocenters. The van der Waals surface area contributed by atoms with Gasteiger partial charge in [-0.2, -0.15) is 8.42 Å². The molecule has 0 aromatic heterocycles. The summed E-state index contributed by atoms with van der Waals surface area (Å²) >= 11 is 2.39. The summed E-state index contributed by atoms with van der Waals surface area (Å²) in [6.07, 6.45) is 3.64. The zero-order chi connectivity index (χ0) is 19.3. The minimum absolute atomic E-state index is 0.222. The van der Waals surface area contributed by atoms with Crippen molar-refractivity contribution in [3.8, 4) is 0 Å². The van der Waals surface area contributed by atoms with E-state index in [-0.39, 0.29) is 11.5 Å². The normalized spacial score (nSPS) is 17.0. The van der Waals surface area contributed by atoms with Crippen LogP contribution in [0.5, 0.6) is 0 Å². The Bertz CT molecular complexity index is 859. The van der Waals surface area contributed by atoms with Crippen LogP contribution in [0.3, 0.4) is 0 Å². The minimum atomic E-state index is -3.70. The number of aryl methyl sites for hydroxylation is 1. The zero-order valence-corrected chi connectivity index (χ0v) is 18.7. The second-order valence-corrected chi connectivity index (χ2v) is 10.2. The van der Waals surface area contributed by atoms with Crippen molar-refractivity contribution in [3.63, 3.8) is 0 Å². The molecule has 0 aliphatic carbocycles. The number of nitrogens with zero attached hydrogens (tertiary/aromatic N) is 1. The summed E-state index contributed by atoms with van der Waals surface area (Å²) in [7, 11) is -3.70. The van der Waals surface area contributed by atoms with E-state index in [0.29, 0.717) is 0 Å². The molecule has 1 saturated heterocycles. The molecule has 4 nitrogen and oxygen atoms in total. The molecule has 1 fully saturated rings. The van der Waals surface area contributed by atoms with Crippen LogP contribution in [0.4, 0.5) is 0 Å². The summed E-state index contributed by atoms with van der Waals surface area (Å²) in [5.74, 6) is 0. The van der Waals surface area contributed by atoms with Crippen molar-refractivity contribution < 1.29 is 17.1 Å². The molecule has 0 unspecified atom stereocenters. The number of hydrogen-bond acceptors (Lipinski definition) is 3. The molecular weight excluding hydrogens is 473 g/mol. The molecule has 1 heterocycles. The molecule has 0 spiro atoms. The van der Waals surface area contributed by atoms with Crippen LogP contribution in [0.15, 0.2) is 53.4 Å². The van der Waals surface area contributed by atoms with Gasteiger partial charge in [0.15, 0.2) is 0 Å². The van der Waals surface area contributed by atoms with Crippen LogP contribution in [-0.2, 0) is 20.8 Å². The lowest BCUT2D eigenvalue weighted by Gasteiger charge is -2.41. The lowest BCUT2D eigenvalue weighted by molar-refractivity contribution is -0.945. The van der Waals surface area contributed by atoms with E-state index in [1.165, 1.54) is 28.4 Å². The van der Waals surface area contributed by atoms with Gasteiger partial charge in [-0.1, -0.05) is 35.9 Å². The third kappa shape index (κ3) is 5.53. The summed E-state index contributed by atoms with van der Waals surface area (Å²) in [6.45, 7) is 5.98. The van der Waals surface area contributed by atoms with Gasteiger partial charge in [-0.05, 0) is 67.0 Å². The van der Waals surface area contributed by atoms with Gasteiger partial charge in [0.25, 0.3) is 10.1 Å². The number of benzene rings is 2. The highest BCUT2D eigenvalue weighted by molar-refractivity contribution is 14.1. The molecule has 0 amide bonds. The van der Waals surface area contributed by atoms with Gasteiger partial charge in [0, 0.05) is 9.13 Å². The Kier molecular flexibility index (Phi) is 6.94. The van der Waals surface area contributed by atoms with Crippen LogP contribution < -0.4 is 0 Å². The third-order valence-corrected chi connectivity index (χ3v) is 7.72. The maximum atomic E-state index is 12.5. The topological polar surface area (TPSA) is 43.4 Å². The molecule has 0 bridgehead atoms. The van der Waals surface area contributed by atoms with Gasteiger partial charge in [-0.15, -0.1) is 0 Å². The van der Waals surface area contributed by atoms with Crippen LogP contribution in [0.2, 0.25) is 0 Å². The fraction of sp³-hybridized carbons (Fsp3) is 0.429. The number of quaternary nitrogens is 1. The molecule has 2 aromatic carbocycles. The van der Waals surface area contributed by atoms with E-state index < -0.39 is 10.1 Å². The van der Waals surface area contributed by atoms with Gasteiger partial charge < -0.3 is 4.48 Å². The summed E-state index contributed by atoms with van der Waals surface area (Å²) in [5, 5.41) is 0. The molecule has 146 valence electrons. The van der Waals surface area contributed by atoms with E-state index in [2.05, 4.69) is 46.9 Å². The Morgan fingerprint density at radius 2 is 1.67 bits per heavy atom. The first-order valence-corrected chi connectivity index (χ1v) is 11.9. The molecule has 0 N–H and O–H groups in total. The Hall–Kier alpha value is -0.960. The van der Waals surface area contributed by atoms with Crippen molar-refractivity contribution in [2.45, 2.75) is 37.6 Å². The predicted octanol–water partition coefficient (Wildman–Crippen LogP) is 4.51. The molecule has 6 heteroatoms. The molecule has 1 aliphatic rings. The van der Waals surface area contributed by atoms with Crippen molar-refractivity contribution in [2.75, 3.05) is 26.2 Å². The standard InChI is InChI=1S/C21H27INO3S/c1-18-9-11-20(12-10-18)27(24,25)26-16-15-23(13-5-2-6-14-23)17-19-7-3-4-8-21(19)22/h3-4,7-12H,2,5-6,13-17H2,1H3/q+1. The van der Waals surface area contributed by atoms with E-state index in [9.17, 15) is 8.42 Å². The zero-order valence-electron chi connectivity index (χ0n) is 15.7. The predicted molar refractivity (Wildman–Crippen MR) is 116 cm³/mol. The second-order valence-electron chi connectivity index (χ2n) is 7.41. The average molecular weight is 500 g/mol. The van der Waals surface area contributed by atoms with E-state index in [4.69, 9.17) is 4.18 Å². The molecule has 2 aromatic rings. The van der Waals surface area contributed by atoms with Crippen LogP contribution in [0.25, 0.3) is 0 Å². The fourth-order valence-corrected chi connectivity index (χ4v) is 5.20. The van der Waals surface area contributed by atoms with Gasteiger partial charge in [-0.25, -0.2) is 0 Å². The lowest BCUT2D eigenvalue weighted by atomic mass is 10.1. The van der Waals surface area contributed by atoms with Crippen molar-refractivity contribution in [1.29, 1.82) is 0 Å². The summed E-state index contributed by atoms with van der Waals surface area (Å²) in [5.41, 5.74) is 2.37. The van der Waals surface area contributed by atoms with E-state index in [1.807, 2.05) is 6.92 Å². The molecule has 0 saturated carbocycles. The smallest absolute Gasteiger partial charge is 0.297 e. The number of piperidine rings is 1. The van der Waals surface area contributed by atoms with Crippen LogP contribution >= 0.6 is 22.6 Å².